The van der Waals surface area contributed by atoms with Crippen molar-refractivity contribution in [2.75, 3.05) is 32.6 Å². The van der Waals surface area contributed by atoms with E-state index >= 15 is 0 Å². The molecule has 32 heavy (non-hydrogen) atoms. The van der Waals surface area contributed by atoms with Crippen molar-refractivity contribution in [3.05, 3.63) is 53.9 Å². The lowest BCUT2D eigenvalue weighted by molar-refractivity contribution is -0.121. The Labute approximate surface area is 187 Å². The minimum Gasteiger partial charge on any atom is -0.497 e. The maximum Gasteiger partial charge on any atom is 0.241 e. The van der Waals surface area contributed by atoms with Gasteiger partial charge in [-0.1, -0.05) is 29.4 Å². The monoisotopic (exact) mass is 436 g/mol. The van der Waals surface area contributed by atoms with E-state index in [4.69, 9.17) is 14.0 Å². The number of carbonyl (C=O) groups excluding carboxylic acids is 1. The molecular weight excluding hydrogens is 408 g/mol. The van der Waals surface area contributed by atoms with Crippen LogP contribution in [0.1, 0.15) is 24.3 Å². The first-order valence-electron chi connectivity index (χ1n) is 10.7. The van der Waals surface area contributed by atoms with Crippen LogP contribution < -0.4 is 14.8 Å². The van der Waals surface area contributed by atoms with E-state index in [1.807, 2.05) is 31.2 Å². The van der Waals surface area contributed by atoms with E-state index in [0.717, 1.165) is 30.5 Å². The molecule has 0 saturated carbocycles. The summed E-state index contributed by atoms with van der Waals surface area (Å²) in [5.74, 6) is 2.24. The number of ether oxygens (including phenoxy) is 2. The first kappa shape index (κ1) is 21.8. The fourth-order valence-corrected chi connectivity index (χ4v) is 3.99. The van der Waals surface area contributed by atoms with Crippen molar-refractivity contribution in [3.8, 4) is 22.9 Å². The summed E-state index contributed by atoms with van der Waals surface area (Å²) >= 11 is 0. The van der Waals surface area contributed by atoms with Crippen molar-refractivity contribution in [1.29, 1.82) is 0 Å². The van der Waals surface area contributed by atoms with E-state index in [1.165, 1.54) is 0 Å². The molecule has 0 bridgehead atoms. The van der Waals surface area contributed by atoms with Crippen LogP contribution in [0.3, 0.4) is 0 Å². The van der Waals surface area contributed by atoms with Gasteiger partial charge in [0.15, 0.2) is 0 Å². The molecular formula is C24H28N4O4. The normalized spacial score (nSPS) is 16.5. The number of carbonyl (C=O) groups is 1. The zero-order valence-electron chi connectivity index (χ0n) is 18.6. The standard InChI is InChI=1S/C24H28N4O4/c1-16-7-4-5-9-19(16)23-26-22(32-27-23)15-28-12-6-8-17(14-28)24(29)25-20-11-10-18(30-2)13-21(20)31-3/h4-5,7,9-11,13,17H,6,8,12,14-15H2,1-3H3,(H,25,29). The third kappa shape index (κ3) is 4.91. The fourth-order valence-electron chi connectivity index (χ4n) is 3.99. The van der Waals surface area contributed by atoms with Crippen molar-refractivity contribution < 1.29 is 18.8 Å². The van der Waals surface area contributed by atoms with Crippen LogP contribution in [-0.2, 0) is 11.3 Å². The lowest BCUT2D eigenvalue weighted by Gasteiger charge is -2.31. The second-order valence-electron chi connectivity index (χ2n) is 7.96. The maximum atomic E-state index is 12.9. The molecule has 4 rings (SSSR count). The highest BCUT2D eigenvalue weighted by Crippen LogP contribution is 2.30. The predicted octanol–water partition coefficient (Wildman–Crippen LogP) is 3.91. The topological polar surface area (TPSA) is 89.7 Å². The summed E-state index contributed by atoms with van der Waals surface area (Å²) in [5.41, 5.74) is 2.70. The fraction of sp³-hybridized carbons (Fsp3) is 0.375. The highest BCUT2D eigenvalue weighted by atomic mass is 16.5. The second-order valence-corrected chi connectivity index (χ2v) is 7.96. The number of aromatic nitrogens is 2. The molecule has 0 radical (unpaired) electrons. The molecule has 2 aromatic carbocycles. The van der Waals surface area contributed by atoms with Gasteiger partial charge in [-0.25, -0.2) is 0 Å². The molecule has 3 aromatic rings. The zero-order chi connectivity index (χ0) is 22.5. The van der Waals surface area contributed by atoms with Crippen LogP contribution in [0, 0.1) is 12.8 Å². The Morgan fingerprint density at radius 1 is 1.22 bits per heavy atom. The van der Waals surface area contributed by atoms with Gasteiger partial charge in [-0.15, -0.1) is 0 Å². The Balaban J connectivity index is 1.39. The molecule has 1 unspecified atom stereocenters. The highest BCUT2D eigenvalue weighted by Gasteiger charge is 2.27. The van der Waals surface area contributed by atoms with Gasteiger partial charge in [-0.3, -0.25) is 9.69 Å². The van der Waals surface area contributed by atoms with Crippen molar-refractivity contribution in [2.45, 2.75) is 26.3 Å². The maximum absolute atomic E-state index is 12.9. The Hall–Kier alpha value is -3.39. The van der Waals surface area contributed by atoms with Gasteiger partial charge in [0, 0.05) is 18.2 Å². The largest absolute Gasteiger partial charge is 0.497 e. The van der Waals surface area contributed by atoms with Crippen LogP contribution in [0.2, 0.25) is 0 Å². The SMILES string of the molecule is COc1ccc(NC(=O)C2CCCN(Cc3nc(-c4ccccc4C)no3)C2)c(OC)c1. The number of piperidine rings is 1. The lowest BCUT2D eigenvalue weighted by Crippen LogP contribution is -2.40. The number of methoxy groups -OCH3 is 2. The first-order chi connectivity index (χ1) is 15.6. The average Bonchev–Trinajstić information content (AvgIpc) is 3.27. The Kier molecular flexibility index (Phi) is 6.70. The van der Waals surface area contributed by atoms with Gasteiger partial charge in [0.25, 0.3) is 0 Å². The molecule has 8 nitrogen and oxygen atoms in total. The predicted molar refractivity (Wildman–Crippen MR) is 121 cm³/mol. The molecule has 1 atom stereocenters. The van der Waals surface area contributed by atoms with Crippen molar-refractivity contribution in [3.63, 3.8) is 0 Å². The highest BCUT2D eigenvalue weighted by molar-refractivity contribution is 5.94. The number of aryl methyl sites for hydroxylation is 1. The molecule has 1 amide bonds. The smallest absolute Gasteiger partial charge is 0.241 e. The minimum absolute atomic E-state index is 0.0238. The first-order valence-corrected chi connectivity index (χ1v) is 10.7. The van der Waals surface area contributed by atoms with Gasteiger partial charge >= 0.3 is 0 Å². The van der Waals surface area contributed by atoms with E-state index in [0.29, 0.717) is 42.0 Å². The van der Waals surface area contributed by atoms with E-state index in [2.05, 4.69) is 20.4 Å². The van der Waals surface area contributed by atoms with Crippen molar-refractivity contribution in [2.24, 2.45) is 5.92 Å². The molecule has 1 aliphatic heterocycles. The molecule has 0 spiro atoms. The lowest BCUT2D eigenvalue weighted by atomic mass is 9.97. The molecule has 1 fully saturated rings. The molecule has 1 saturated heterocycles. The van der Waals surface area contributed by atoms with E-state index in [1.54, 1.807) is 32.4 Å². The Morgan fingerprint density at radius 2 is 2.06 bits per heavy atom. The van der Waals surface area contributed by atoms with E-state index < -0.39 is 0 Å². The van der Waals surface area contributed by atoms with E-state index in [-0.39, 0.29) is 11.8 Å². The number of nitrogens with one attached hydrogen (secondary N) is 1. The molecule has 8 heteroatoms. The minimum atomic E-state index is -0.130. The third-order valence-electron chi connectivity index (χ3n) is 5.76. The summed E-state index contributed by atoms with van der Waals surface area (Å²) in [6.07, 6.45) is 1.76. The van der Waals surface area contributed by atoms with Gasteiger partial charge in [-0.05, 0) is 44.0 Å². The number of nitrogens with zero attached hydrogens (tertiary/aromatic N) is 3. The summed E-state index contributed by atoms with van der Waals surface area (Å²) in [6.45, 7) is 4.07. The summed E-state index contributed by atoms with van der Waals surface area (Å²) in [4.78, 5) is 19.7. The van der Waals surface area contributed by atoms with Crippen LogP contribution in [0.25, 0.3) is 11.4 Å². The van der Waals surface area contributed by atoms with Crippen LogP contribution >= 0.6 is 0 Å². The Bertz CT molecular complexity index is 1080. The van der Waals surface area contributed by atoms with Crippen LogP contribution in [0.5, 0.6) is 11.5 Å². The molecule has 0 aliphatic carbocycles. The molecule has 1 aromatic heterocycles. The summed E-state index contributed by atoms with van der Waals surface area (Å²) in [7, 11) is 3.17. The van der Waals surface area contributed by atoms with Gasteiger partial charge in [0.05, 0.1) is 32.4 Å². The molecule has 1 N–H and O–H groups in total. The van der Waals surface area contributed by atoms with Crippen LogP contribution in [-0.4, -0.2) is 48.3 Å². The number of anilines is 1. The van der Waals surface area contributed by atoms with Gasteiger partial charge in [0.2, 0.25) is 17.6 Å². The van der Waals surface area contributed by atoms with Crippen molar-refractivity contribution >= 4 is 11.6 Å². The molecule has 168 valence electrons. The molecule has 2 heterocycles. The van der Waals surface area contributed by atoms with E-state index in [9.17, 15) is 4.79 Å². The summed E-state index contributed by atoms with van der Waals surface area (Å²) in [6, 6.07) is 13.3. The number of benzene rings is 2. The van der Waals surface area contributed by atoms with Gasteiger partial charge in [0.1, 0.15) is 11.5 Å². The summed E-state index contributed by atoms with van der Waals surface area (Å²) < 4.78 is 16.1. The van der Waals surface area contributed by atoms with Gasteiger partial charge in [-0.2, -0.15) is 4.98 Å². The zero-order valence-corrected chi connectivity index (χ0v) is 18.6. The van der Waals surface area contributed by atoms with Crippen LogP contribution in [0.15, 0.2) is 47.0 Å². The average molecular weight is 437 g/mol. The van der Waals surface area contributed by atoms with Crippen molar-refractivity contribution in [1.82, 2.24) is 15.0 Å². The third-order valence-corrected chi connectivity index (χ3v) is 5.76. The second kappa shape index (κ2) is 9.82. The molecule has 1 aliphatic rings. The number of hydrogen-bond acceptors (Lipinski definition) is 7. The quantitative estimate of drug-likeness (QED) is 0.600. The van der Waals surface area contributed by atoms with Gasteiger partial charge < -0.3 is 19.3 Å². The number of hydrogen-bond donors (Lipinski definition) is 1. The number of amides is 1. The number of rotatable bonds is 7. The number of likely N-dealkylation sites (tertiary alicyclic amines) is 1. The Morgan fingerprint density at radius 3 is 2.84 bits per heavy atom. The summed E-state index contributed by atoms with van der Waals surface area (Å²) in [5, 5.41) is 7.14. The van der Waals surface area contributed by atoms with Crippen LogP contribution in [0.4, 0.5) is 5.69 Å².